The molecule has 1 rings (SSSR count). The molecule has 0 aliphatic carbocycles. The van der Waals surface area contributed by atoms with E-state index in [2.05, 4.69) is 0 Å². The van der Waals surface area contributed by atoms with E-state index in [0.29, 0.717) is 6.42 Å². The van der Waals surface area contributed by atoms with Crippen LogP contribution in [-0.2, 0) is 0 Å². The lowest BCUT2D eigenvalue weighted by atomic mass is 9.85. The second-order valence-electron chi connectivity index (χ2n) is 4.82. The Bertz CT molecular complexity index is 316. The van der Waals surface area contributed by atoms with Gasteiger partial charge in [0.15, 0.2) is 0 Å². The maximum Gasteiger partial charge on any atom is 0.118 e. The van der Waals surface area contributed by atoms with Crippen LogP contribution in [0.5, 0.6) is 5.75 Å². The fraction of sp³-hybridized carbons (Fsp3) is 0.538. The summed E-state index contributed by atoms with van der Waals surface area (Å²) in [6, 6.07) is 7.34. The zero-order valence-corrected chi connectivity index (χ0v) is 10.1. The van der Waals surface area contributed by atoms with Crippen molar-refractivity contribution in [2.75, 3.05) is 13.7 Å². The molecule has 0 aliphatic rings. The van der Waals surface area contributed by atoms with Crippen LogP contribution in [0, 0.1) is 5.41 Å². The van der Waals surface area contributed by atoms with Gasteiger partial charge in [-0.15, -0.1) is 0 Å². The van der Waals surface area contributed by atoms with Crippen molar-refractivity contribution in [2.24, 2.45) is 5.41 Å². The Kier molecular flexibility index (Phi) is 4.33. The predicted octanol–water partition coefficient (Wildman–Crippen LogP) is 2.14. The second-order valence-corrected chi connectivity index (χ2v) is 4.82. The summed E-state index contributed by atoms with van der Waals surface area (Å²) >= 11 is 0. The third-order valence-corrected chi connectivity index (χ3v) is 2.67. The van der Waals surface area contributed by atoms with Crippen LogP contribution in [0.15, 0.2) is 24.3 Å². The molecule has 0 heterocycles. The summed E-state index contributed by atoms with van der Waals surface area (Å²) in [6.07, 6.45) is -0.0106. The van der Waals surface area contributed by atoms with Gasteiger partial charge in [0, 0.05) is 6.61 Å². The van der Waals surface area contributed by atoms with Crippen LogP contribution in [0.2, 0.25) is 0 Å². The smallest absolute Gasteiger partial charge is 0.118 e. The van der Waals surface area contributed by atoms with E-state index in [9.17, 15) is 5.11 Å². The van der Waals surface area contributed by atoms with Gasteiger partial charge < -0.3 is 14.9 Å². The molecular weight excluding hydrogens is 204 g/mol. The lowest BCUT2D eigenvalue weighted by Gasteiger charge is -2.25. The van der Waals surface area contributed by atoms with E-state index in [1.54, 1.807) is 7.11 Å². The van der Waals surface area contributed by atoms with E-state index in [1.165, 1.54) is 0 Å². The van der Waals surface area contributed by atoms with Crippen molar-refractivity contribution >= 4 is 0 Å². The van der Waals surface area contributed by atoms with Crippen LogP contribution in [0.1, 0.15) is 31.9 Å². The highest BCUT2D eigenvalue weighted by Gasteiger charge is 2.22. The highest BCUT2D eigenvalue weighted by atomic mass is 16.5. The maximum atomic E-state index is 10.00. The Morgan fingerprint density at radius 3 is 2.25 bits per heavy atom. The van der Waals surface area contributed by atoms with Crippen LogP contribution in [0.25, 0.3) is 0 Å². The standard InChI is InChI=1S/C13H20O3/c1-13(2,9-14)8-12(15)10-4-6-11(16-3)7-5-10/h4-7,12,14-15H,8-9H2,1-3H3. The van der Waals surface area contributed by atoms with Gasteiger partial charge in [-0.1, -0.05) is 26.0 Å². The first-order valence-corrected chi connectivity index (χ1v) is 5.41. The van der Waals surface area contributed by atoms with Crippen molar-refractivity contribution in [3.63, 3.8) is 0 Å². The molecule has 0 bridgehead atoms. The van der Waals surface area contributed by atoms with Crippen molar-refractivity contribution in [3.05, 3.63) is 29.8 Å². The van der Waals surface area contributed by atoms with Gasteiger partial charge in [-0.25, -0.2) is 0 Å². The lowest BCUT2D eigenvalue weighted by Crippen LogP contribution is -2.20. The molecule has 1 aromatic rings. The highest BCUT2D eigenvalue weighted by Crippen LogP contribution is 2.30. The van der Waals surface area contributed by atoms with Crippen LogP contribution in [0.3, 0.4) is 0 Å². The van der Waals surface area contributed by atoms with Gasteiger partial charge in [0.05, 0.1) is 13.2 Å². The predicted molar refractivity (Wildman–Crippen MR) is 63.4 cm³/mol. The van der Waals surface area contributed by atoms with Crippen molar-refractivity contribution in [1.82, 2.24) is 0 Å². The molecule has 0 saturated heterocycles. The van der Waals surface area contributed by atoms with E-state index >= 15 is 0 Å². The van der Waals surface area contributed by atoms with Gasteiger partial charge in [0.2, 0.25) is 0 Å². The quantitative estimate of drug-likeness (QED) is 0.805. The summed E-state index contributed by atoms with van der Waals surface area (Å²) in [5, 5.41) is 19.1. The van der Waals surface area contributed by atoms with Crippen molar-refractivity contribution < 1.29 is 14.9 Å². The molecule has 0 aromatic heterocycles. The number of hydrogen-bond donors (Lipinski definition) is 2. The fourth-order valence-electron chi connectivity index (χ4n) is 1.53. The third-order valence-electron chi connectivity index (χ3n) is 2.67. The largest absolute Gasteiger partial charge is 0.497 e. The molecule has 3 nitrogen and oxygen atoms in total. The van der Waals surface area contributed by atoms with Gasteiger partial charge in [-0.2, -0.15) is 0 Å². The molecule has 0 fully saturated rings. The Labute approximate surface area is 96.7 Å². The summed E-state index contributed by atoms with van der Waals surface area (Å²) < 4.78 is 5.05. The van der Waals surface area contributed by atoms with E-state index in [1.807, 2.05) is 38.1 Å². The molecule has 90 valence electrons. The van der Waals surface area contributed by atoms with Gasteiger partial charge in [0.25, 0.3) is 0 Å². The molecule has 2 N–H and O–H groups in total. The molecular formula is C13H20O3. The summed E-state index contributed by atoms with van der Waals surface area (Å²) in [5.41, 5.74) is 0.585. The molecule has 1 unspecified atom stereocenters. The Morgan fingerprint density at radius 2 is 1.81 bits per heavy atom. The Morgan fingerprint density at radius 1 is 1.25 bits per heavy atom. The number of rotatable bonds is 5. The number of methoxy groups -OCH3 is 1. The van der Waals surface area contributed by atoms with Crippen LogP contribution in [0.4, 0.5) is 0 Å². The number of aliphatic hydroxyl groups excluding tert-OH is 2. The Balaban J connectivity index is 2.69. The molecule has 0 aliphatic heterocycles. The van der Waals surface area contributed by atoms with Gasteiger partial charge >= 0.3 is 0 Å². The fourth-order valence-corrected chi connectivity index (χ4v) is 1.53. The Hall–Kier alpha value is -1.06. The summed E-state index contributed by atoms with van der Waals surface area (Å²) in [7, 11) is 1.61. The molecule has 1 aromatic carbocycles. The SMILES string of the molecule is COc1ccc(C(O)CC(C)(C)CO)cc1. The minimum absolute atomic E-state index is 0.0697. The summed E-state index contributed by atoms with van der Waals surface area (Å²) in [4.78, 5) is 0. The minimum atomic E-state index is -0.548. The number of ether oxygens (including phenoxy) is 1. The van der Waals surface area contributed by atoms with Crippen LogP contribution < -0.4 is 4.74 Å². The molecule has 0 saturated carbocycles. The zero-order chi connectivity index (χ0) is 12.2. The monoisotopic (exact) mass is 224 g/mol. The van der Waals surface area contributed by atoms with Crippen molar-refractivity contribution in [1.29, 1.82) is 0 Å². The van der Waals surface area contributed by atoms with Gasteiger partial charge in [-0.05, 0) is 29.5 Å². The van der Waals surface area contributed by atoms with E-state index in [-0.39, 0.29) is 12.0 Å². The first-order chi connectivity index (χ1) is 7.48. The van der Waals surface area contributed by atoms with Crippen molar-refractivity contribution in [3.8, 4) is 5.75 Å². The second kappa shape index (κ2) is 5.32. The molecule has 0 radical (unpaired) electrons. The van der Waals surface area contributed by atoms with Crippen molar-refractivity contribution in [2.45, 2.75) is 26.4 Å². The average molecular weight is 224 g/mol. The van der Waals surface area contributed by atoms with Crippen LogP contribution in [-0.4, -0.2) is 23.9 Å². The normalized spacial score (nSPS) is 13.6. The average Bonchev–Trinajstić information content (AvgIpc) is 2.28. The van der Waals surface area contributed by atoms with Gasteiger partial charge in [-0.3, -0.25) is 0 Å². The van der Waals surface area contributed by atoms with E-state index in [0.717, 1.165) is 11.3 Å². The lowest BCUT2D eigenvalue weighted by molar-refractivity contribution is 0.0725. The number of aliphatic hydroxyl groups is 2. The molecule has 0 spiro atoms. The first kappa shape index (κ1) is 13.0. The summed E-state index contributed by atoms with van der Waals surface area (Å²) in [5.74, 6) is 0.775. The molecule has 0 amide bonds. The van der Waals surface area contributed by atoms with E-state index in [4.69, 9.17) is 9.84 Å². The molecule has 16 heavy (non-hydrogen) atoms. The van der Waals surface area contributed by atoms with E-state index < -0.39 is 6.10 Å². The third kappa shape index (κ3) is 3.51. The van der Waals surface area contributed by atoms with Crippen LogP contribution >= 0.6 is 0 Å². The highest BCUT2D eigenvalue weighted by molar-refractivity contribution is 5.28. The number of benzene rings is 1. The summed E-state index contributed by atoms with van der Waals surface area (Å²) in [6.45, 7) is 3.93. The van der Waals surface area contributed by atoms with Gasteiger partial charge in [0.1, 0.15) is 5.75 Å². The topological polar surface area (TPSA) is 49.7 Å². The minimum Gasteiger partial charge on any atom is -0.497 e. The molecule has 3 heteroatoms. The molecule has 1 atom stereocenters. The zero-order valence-electron chi connectivity index (χ0n) is 10.1. The maximum absolute atomic E-state index is 10.00. The first-order valence-electron chi connectivity index (χ1n) is 5.41. The number of hydrogen-bond acceptors (Lipinski definition) is 3.